The van der Waals surface area contributed by atoms with Crippen LogP contribution in [-0.4, -0.2) is 72.6 Å². The van der Waals surface area contributed by atoms with Crippen molar-refractivity contribution in [3.8, 4) is 6.07 Å². The van der Waals surface area contributed by atoms with Crippen molar-refractivity contribution >= 4 is 15.9 Å². The number of ether oxygens (including phenoxy) is 1. The van der Waals surface area contributed by atoms with E-state index in [4.69, 9.17) is 4.74 Å². The van der Waals surface area contributed by atoms with Crippen LogP contribution in [0.1, 0.15) is 77.0 Å². The first-order valence-corrected chi connectivity index (χ1v) is 14.4. The second-order valence-electron chi connectivity index (χ2n) is 10.7. The number of nitriles is 1. The highest BCUT2D eigenvalue weighted by Gasteiger charge is 2.48. The van der Waals surface area contributed by atoms with Crippen LogP contribution in [0.15, 0.2) is 0 Å². The maximum atomic E-state index is 13.7. The Bertz CT molecular complexity index is 857. The number of hydrogen-bond acceptors (Lipinski definition) is 6. The number of aliphatic hydroxyl groups is 1. The Morgan fingerprint density at radius 2 is 1.88 bits per heavy atom. The summed E-state index contributed by atoms with van der Waals surface area (Å²) in [6.45, 7) is -0.150. The van der Waals surface area contributed by atoms with E-state index in [-0.39, 0.29) is 43.0 Å². The van der Waals surface area contributed by atoms with Gasteiger partial charge in [-0.25, -0.2) is 12.8 Å². The molecule has 1 amide bonds. The fourth-order valence-electron chi connectivity index (χ4n) is 6.33. The zero-order valence-corrected chi connectivity index (χ0v) is 20.6. The third kappa shape index (κ3) is 5.92. The van der Waals surface area contributed by atoms with Crippen LogP contribution in [0.4, 0.5) is 4.39 Å². The molecular weight excluding hydrogens is 461 g/mol. The number of nitrogens with zero attached hydrogens (tertiary/aromatic N) is 2. The van der Waals surface area contributed by atoms with Crippen LogP contribution in [0, 0.1) is 23.2 Å². The summed E-state index contributed by atoms with van der Waals surface area (Å²) >= 11 is 0. The van der Waals surface area contributed by atoms with E-state index < -0.39 is 33.6 Å². The van der Waals surface area contributed by atoms with Crippen molar-refractivity contribution in [3.63, 3.8) is 0 Å². The molecule has 0 spiro atoms. The first-order valence-electron chi connectivity index (χ1n) is 12.9. The summed E-state index contributed by atoms with van der Waals surface area (Å²) in [6, 6.07) is 1.70. The highest BCUT2D eigenvalue weighted by Crippen LogP contribution is 2.37. The van der Waals surface area contributed by atoms with E-state index in [9.17, 15) is 28.0 Å². The smallest absolute Gasteiger partial charge is 0.220 e. The molecule has 0 aromatic carbocycles. The monoisotopic (exact) mass is 499 g/mol. The number of sulfonamides is 1. The molecule has 1 saturated heterocycles. The molecule has 3 saturated carbocycles. The van der Waals surface area contributed by atoms with Gasteiger partial charge < -0.3 is 15.2 Å². The lowest BCUT2D eigenvalue weighted by Gasteiger charge is -2.48. The number of alkyl halides is 1. The van der Waals surface area contributed by atoms with E-state index >= 15 is 0 Å². The van der Waals surface area contributed by atoms with Crippen LogP contribution >= 0.6 is 0 Å². The number of carbonyl (C=O) groups is 1. The predicted molar refractivity (Wildman–Crippen MR) is 124 cm³/mol. The van der Waals surface area contributed by atoms with Crippen molar-refractivity contribution in [2.24, 2.45) is 11.8 Å². The van der Waals surface area contributed by atoms with E-state index in [2.05, 4.69) is 11.4 Å². The molecule has 4 rings (SSSR count). The van der Waals surface area contributed by atoms with Crippen LogP contribution in [0.2, 0.25) is 0 Å². The number of amides is 1. The summed E-state index contributed by atoms with van der Waals surface area (Å²) in [5.74, 6) is -0.0814. The highest BCUT2D eigenvalue weighted by molar-refractivity contribution is 7.89. The Labute approximate surface area is 202 Å². The molecule has 4 aliphatic rings. The molecule has 0 radical (unpaired) electrons. The Balaban J connectivity index is 1.42. The van der Waals surface area contributed by atoms with Gasteiger partial charge in [0.05, 0.1) is 36.2 Å². The first-order chi connectivity index (χ1) is 16.3. The molecule has 1 heterocycles. The number of aliphatic hydroxyl groups excluding tert-OH is 1. The maximum absolute atomic E-state index is 13.7. The summed E-state index contributed by atoms with van der Waals surface area (Å²) in [5.41, 5.74) is 0. The van der Waals surface area contributed by atoms with Crippen LogP contribution < -0.4 is 5.32 Å². The van der Waals surface area contributed by atoms with Gasteiger partial charge in [0.2, 0.25) is 15.9 Å². The fraction of sp³-hybridized carbons (Fsp3) is 0.917. The van der Waals surface area contributed by atoms with Gasteiger partial charge in [-0.15, -0.1) is 0 Å². The summed E-state index contributed by atoms with van der Waals surface area (Å²) < 4.78 is 48.3. The zero-order valence-electron chi connectivity index (χ0n) is 19.8. The molecule has 3 aliphatic carbocycles. The lowest BCUT2D eigenvalue weighted by atomic mass is 9.85. The van der Waals surface area contributed by atoms with Gasteiger partial charge in [-0.3, -0.25) is 4.79 Å². The first kappa shape index (κ1) is 25.8. The molecule has 6 atom stereocenters. The summed E-state index contributed by atoms with van der Waals surface area (Å²) in [6.07, 6.45) is 5.38. The largest absolute Gasteiger partial charge is 0.394 e. The quantitative estimate of drug-likeness (QED) is 0.579. The average molecular weight is 500 g/mol. The molecule has 8 nitrogen and oxygen atoms in total. The molecule has 0 aromatic heterocycles. The van der Waals surface area contributed by atoms with Gasteiger partial charge in [0.15, 0.2) is 0 Å². The lowest BCUT2D eigenvalue weighted by molar-refractivity contribution is -0.132. The lowest BCUT2D eigenvalue weighted by Crippen LogP contribution is -2.62. The molecule has 0 aromatic rings. The Kier molecular flexibility index (Phi) is 8.49. The van der Waals surface area contributed by atoms with Crippen molar-refractivity contribution < 1.29 is 27.4 Å². The number of rotatable bonds is 6. The van der Waals surface area contributed by atoms with E-state index in [0.29, 0.717) is 57.8 Å². The van der Waals surface area contributed by atoms with Gasteiger partial charge in [-0.2, -0.15) is 9.57 Å². The van der Waals surface area contributed by atoms with Crippen molar-refractivity contribution in [3.05, 3.63) is 0 Å². The van der Waals surface area contributed by atoms with Crippen LogP contribution in [0.3, 0.4) is 0 Å². The van der Waals surface area contributed by atoms with Gasteiger partial charge in [-0.05, 0) is 70.1 Å². The zero-order chi connectivity index (χ0) is 24.3. The second kappa shape index (κ2) is 11.2. The number of hydrogen-bond donors (Lipinski definition) is 2. The number of nitrogens with one attached hydrogen (secondary N) is 1. The minimum Gasteiger partial charge on any atom is -0.394 e. The maximum Gasteiger partial charge on any atom is 0.220 e. The summed E-state index contributed by atoms with van der Waals surface area (Å²) in [5, 5.41) is 21.6. The number of morpholine rings is 1. The van der Waals surface area contributed by atoms with E-state index in [1.165, 1.54) is 4.31 Å². The molecule has 1 aliphatic heterocycles. The number of fused-ring (bicyclic) bond motifs is 1. The molecule has 34 heavy (non-hydrogen) atoms. The minimum atomic E-state index is -3.68. The second-order valence-corrected chi connectivity index (χ2v) is 12.8. The standard InChI is InChI=1S/C24H38FN3O5S/c25-18-6-4-16(5-7-18)11-24(30)27-19-8-9-23-22(12-19)28(14-20(15-29)33-23)34(31,32)21-3-1-2-17(10-21)13-26/h16-23,29H,1-12,14-15H2,(H,27,30)/t16?,17?,18?,19?,20-,21?,22?,23?/m0/s1. The summed E-state index contributed by atoms with van der Waals surface area (Å²) in [4.78, 5) is 12.7. The topological polar surface area (TPSA) is 120 Å². The highest BCUT2D eigenvalue weighted by atomic mass is 32.2. The molecule has 4 fully saturated rings. The average Bonchev–Trinajstić information content (AvgIpc) is 2.84. The molecular formula is C24H38FN3O5S. The number of halogens is 1. The Morgan fingerprint density at radius 1 is 1.12 bits per heavy atom. The molecule has 10 heteroatoms. The van der Waals surface area contributed by atoms with Gasteiger partial charge in [0.1, 0.15) is 6.17 Å². The molecule has 2 N–H and O–H groups in total. The number of carbonyl (C=O) groups excluding carboxylic acids is 1. The third-order valence-corrected chi connectivity index (χ3v) is 10.6. The van der Waals surface area contributed by atoms with E-state index in [0.717, 1.165) is 19.3 Å². The summed E-state index contributed by atoms with van der Waals surface area (Å²) in [7, 11) is -3.68. The van der Waals surface area contributed by atoms with E-state index in [1.807, 2.05) is 0 Å². The van der Waals surface area contributed by atoms with Crippen molar-refractivity contribution in [2.45, 2.75) is 113 Å². The predicted octanol–water partition coefficient (Wildman–Crippen LogP) is 2.42. The van der Waals surface area contributed by atoms with Crippen molar-refractivity contribution in [1.82, 2.24) is 9.62 Å². The van der Waals surface area contributed by atoms with Gasteiger partial charge in [-0.1, -0.05) is 6.42 Å². The third-order valence-electron chi connectivity index (χ3n) is 8.25. The molecule has 0 bridgehead atoms. The normalized spacial score (nSPS) is 39.6. The SMILES string of the molecule is N#CC1CCCC(S(=O)(=O)N2C[C@@H](CO)OC3CCC(NC(=O)CC4CCC(F)CC4)CC32)C1. The Morgan fingerprint density at radius 3 is 2.59 bits per heavy atom. The molecule has 5 unspecified atom stereocenters. The van der Waals surface area contributed by atoms with Crippen molar-refractivity contribution in [2.75, 3.05) is 13.2 Å². The molecule has 192 valence electrons. The van der Waals surface area contributed by atoms with Gasteiger partial charge in [0.25, 0.3) is 0 Å². The van der Waals surface area contributed by atoms with Crippen LogP contribution in [0.5, 0.6) is 0 Å². The van der Waals surface area contributed by atoms with Gasteiger partial charge in [0, 0.05) is 24.9 Å². The fourth-order valence-corrected chi connectivity index (χ4v) is 8.63. The van der Waals surface area contributed by atoms with Crippen LogP contribution in [-0.2, 0) is 19.6 Å². The van der Waals surface area contributed by atoms with E-state index in [1.54, 1.807) is 0 Å². The van der Waals surface area contributed by atoms with Crippen LogP contribution in [0.25, 0.3) is 0 Å². The minimum absolute atomic E-state index is 0.0470. The van der Waals surface area contributed by atoms with Crippen molar-refractivity contribution in [1.29, 1.82) is 5.26 Å². The Hall–Kier alpha value is -1.28. The van der Waals surface area contributed by atoms with Gasteiger partial charge >= 0.3 is 0 Å².